The Bertz CT molecular complexity index is 4770. The van der Waals surface area contributed by atoms with Crippen molar-refractivity contribution in [1.29, 1.82) is 0 Å². The van der Waals surface area contributed by atoms with E-state index in [1.165, 1.54) is 73.7 Å². The summed E-state index contributed by atoms with van der Waals surface area (Å²) in [6.45, 7) is 0. The van der Waals surface area contributed by atoms with Crippen LogP contribution in [-0.2, 0) is 0 Å². The smallest absolute Gasteiger partial charge is 0.164 e. The predicted molar refractivity (Wildman–Crippen MR) is 337 cm³/mol. The lowest BCUT2D eigenvalue weighted by Crippen LogP contribution is -2.27. The largest absolute Gasteiger partial charge is 0.208 e. The fourth-order valence-corrected chi connectivity index (χ4v) is 15.0. The number of hydrogen-bond acceptors (Lipinski definition) is 8. The molecule has 18 rings (SSSR count). The van der Waals surface area contributed by atoms with Gasteiger partial charge in [0.05, 0.1) is 0 Å². The Morgan fingerprint density at radius 2 is 0.537 bits per heavy atom. The fraction of sp³-hybridized carbons (Fsp3) is 0.0270. The maximum absolute atomic E-state index is 5.39. The van der Waals surface area contributed by atoms with Crippen LogP contribution in [0.25, 0.3) is 131 Å². The standard InChI is InChI=1S/C74H44N6S2/c1-3-17-43(18-4-1)69-75-71(79-73(77-69)57-27-11-7-21-49(57)45-33-37-65-59(39-45)51-23-13-15-29-63(51)81-65)47-31-35-55-61(41-47)67-53-25-9-10-26-54(53)68(55)62-42-48(32-36-56(62)67)72-76-70(44-19-5-2-6-20-44)78-74(80-72)58-28-12-8-22-50(58)46-34-38-66-60(40-46)52-24-14-16-30-64(52)82-66/h1-42,67-68H. The zero-order chi connectivity index (χ0) is 53.8. The molecule has 0 spiro atoms. The predicted octanol–water partition coefficient (Wildman–Crippen LogP) is 19.1. The van der Waals surface area contributed by atoms with E-state index in [9.17, 15) is 0 Å². The summed E-state index contributed by atoms with van der Waals surface area (Å²) in [6.07, 6.45) is 0. The molecule has 2 atom stereocenters. The van der Waals surface area contributed by atoms with Gasteiger partial charge in [0.1, 0.15) is 0 Å². The first-order valence-electron chi connectivity index (χ1n) is 27.6. The van der Waals surface area contributed by atoms with E-state index in [-0.39, 0.29) is 11.8 Å². The molecule has 2 unspecified atom stereocenters. The second-order valence-electron chi connectivity index (χ2n) is 21.2. The quantitative estimate of drug-likeness (QED) is 0.151. The molecular formula is C74H44N6S2. The summed E-state index contributed by atoms with van der Waals surface area (Å²) in [7, 11) is 0. The summed E-state index contributed by atoms with van der Waals surface area (Å²) < 4.78 is 5.11. The van der Waals surface area contributed by atoms with Crippen molar-refractivity contribution in [3.8, 4) is 90.6 Å². The molecule has 11 aromatic carbocycles. The highest BCUT2D eigenvalue weighted by Gasteiger charge is 2.42. The summed E-state index contributed by atoms with van der Waals surface area (Å²) >= 11 is 3.66. The molecule has 0 fully saturated rings. The highest BCUT2D eigenvalue weighted by atomic mass is 32.1. The lowest BCUT2D eigenvalue weighted by Gasteiger charge is -2.42. The number of hydrogen-bond donors (Lipinski definition) is 0. The lowest BCUT2D eigenvalue weighted by molar-refractivity contribution is 0.754. The van der Waals surface area contributed by atoms with Crippen molar-refractivity contribution in [3.63, 3.8) is 0 Å². The van der Waals surface area contributed by atoms with E-state index in [1.54, 1.807) is 0 Å². The SMILES string of the molecule is c1ccc(-c2nc(-c3ccc4c(c3)C3c5ccccc5C4c4cc(-c5nc(-c6ccccc6)nc(-c6ccccc6-c6ccc7sc8ccccc8c7c6)n5)ccc43)nc(-c3ccccc3-c3ccc4sc5ccccc5c4c3)n2)cc1. The minimum absolute atomic E-state index is 0.0164. The number of nitrogens with zero attached hydrogens (tertiary/aromatic N) is 6. The third kappa shape index (κ3) is 7.60. The monoisotopic (exact) mass is 1080 g/mol. The van der Waals surface area contributed by atoms with Gasteiger partial charge in [0.2, 0.25) is 0 Å². The van der Waals surface area contributed by atoms with Crippen molar-refractivity contribution in [2.75, 3.05) is 0 Å². The summed E-state index contributed by atoms with van der Waals surface area (Å²) in [5.74, 6) is 3.75. The molecule has 0 N–H and O–H groups in total. The Kier molecular flexibility index (Phi) is 10.7. The van der Waals surface area contributed by atoms with Crippen LogP contribution in [0.3, 0.4) is 0 Å². The molecule has 6 nitrogen and oxygen atoms in total. The maximum atomic E-state index is 5.39. The maximum Gasteiger partial charge on any atom is 0.164 e. The van der Waals surface area contributed by atoms with E-state index in [0.29, 0.717) is 34.9 Å². The molecule has 0 radical (unpaired) electrons. The van der Waals surface area contributed by atoms with Crippen LogP contribution in [0.4, 0.5) is 0 Å². The van der Waals surface area contributed by atoms with Crippen LogP contribution in [0.15, 0.2) is 255 Å². The molecule has 0 saturated heterocycles. The first kappa shape index (κ1) is 46.8. The van der Waals surface area contributed by atoms with Gasteiger partial charge in [-0.3, -0.25) is 0 Å². The van der Waals surface area contributed by atoms with Gasteiger partial charge in [-0.1, -0.05) is 206 Å². The fourth-order valence-electron chi connectivity index (χ4n) is 12.8. The third-order valence-corrected chi connectivity index (χ3v) is 18.9. The number of thiophene rings is 2. The molecule has 0 saturated carbocycles. The van der Waals surface area contributed by atoms with E-state index in [4.69, 9.17) is 29.9 Å². The first-order valence-corrected chi connectivity index (χ1v) is 29.3. The van der Waals surface area contributed by atoms with Crippen LogP contribution in [0.5, 0.6) is 0 Å². The van der Waals surface area contributed by atoms with Gasteiger partial charge in [0, 0.05) is 85.6 Å². The van der Waals surface area contributed by atoms with Crippen molar-refractivity contribution in [2.24, 2.45) is 0 Å². The Morgan fingerprint density at radius 3 is 0.988 bits per heavy atom. The average Bonchev–Trinajstić information content (AvgIpc) is 2.24. The molecular weight excluding hydrogens is 1040 g/mol. The van der Waals surface area contributed by atoms with Crippen molar-refractivity contribution in [1.82, 2.24) is 29.9 Å². The lowest BCUT2D eigenvalue weighted by atomic mass is 9.61. The van der Waals surface area contributed by atoms with Crippen LogP contribution in [0.2, 0.25) is 0 Å². The zero-order valence-electron chi connectivity index (χ0n) is 43.9. The molecule has 3 aliphatic rings. The number of rotatable bonds is 8. The Labute approximate surface area is 480 Å². The third-order valence-electron chi connectivity index (χ3n) is 16.6. The van der Waals surface area contributed by atoms with Gasteiger partial charge < -0.3 is 0 Å². The number of aromatic nitrogens is 6. The Balaban J connectivity index is 0.781. The summed E-state index contributed by atoms with van der Waals surface area (Å²) in [5.41, 5.74) is 17.8. The van der Waals surface area contributed by atoms with Crippen molar-refractivity contribution in [3.05, 3.63) is 288 Å². The average molecular weight is 1080 g/mol. The molecule has 2 bridgehead atoms. The molecule has 4 aromatic heterocycles. The normalized spacial score (nSPS) is 14.1. The van der Waals surface area contributed by atoms with Crippen molar-refractivity contribution in [2.45, 2.75) is 11.8 Å². The number of fused-ring (bicyclic) bond motifs is 6. The molecule has 15 aromatic rings. The summed E-state index contributed by atoms with van der Waals surface area (Å²) in [5, 5.41) is 5.05. The highest BCUT2D eigenvalue weighted by molar-refractivity contribution is 7.26. The van der Waals surface area contributed by atoms with E-state index in [2.05, 4.69) is 218 Å². The van der Waals surface area contributed by atoms with Crippen molar-refractivity contribution >= 4 is 63.0 Å². The Hall–Kier alpha value is -10.1. The van der Waals surface area contributed by atoms with E-state index in [1.807, 2.05) is 59.1 Å². The Morgan fingerprint density at radius 1 is 0.207 bits per heavy atom. The molecule has 4 heterocycles. The molecule has 82 heavy (non-hydrogen) atoms. The molecule has 0 aliphatic heterocycles. The van der Waals surface area contributed by atoms with Gasteiger partial charge >= 0.3 is 0 Å². The topological polar surface area (TPSA) is 77.3 Å². The van der Waals surface area contributed by atoms with Gasteiger partial charge in [-0.2, -0.15) is 0 Å². The van der Waals surface area contributed by atoms with Gasteiger partial charge in [0.15, 0.2) is 34.9 Å². The van der Waals surface area contributed by atoms with E-state index >= 15 is 0 Å². The van der Waals surface area contributed by atoms with Crippen LogP contribution < -0.4 is 0 Å². The number of benzene rings is 11. The van der Waals surface area contributed by atoms with E-state index < -0.39 is 0 Å². The molecule has 8 heteroatoms. The van der Waals surface area contributed by atoms with E-state index in [0.717, 1.165) is 55.6 Å². The minimum atomic E-state index is -0.0164. The van der Waals surface area contributed by atoms with Gasteiger partial charge in [-0.25, -0.2) is 29.9 Å². The first-order chi connectivity index (χ1) is 40.6. The molecule has 3 aliphatic carbocycles. The van der Waals surface area contributed by atoms with Gasteiger partial charge in [-0.05, 0) is 104 Å². The van der Waals surface area contributed by atoms with Gasteiger partial charge in [-0.15, -0.1) is 22.7 Å². The molecule has 0 amide bonds. The van der Waals surface area contributed by atoms with Gasteiger partial charge in [0.25, 0.3) is 0 Å². The molecule has 382 valence electrons. The van der Waals surface area contributed by atoms with Crippen LogP contribution in [-0.4, -0.2) is 29.9 Å². The van der Waals surface area contributed by atoms with Crippen LogP contribution in [0.1, 0.15) is 45.2 Å². The zero-order valence-corrected chi connectivity index (χ0v) is 45.5. The second-order valence-corrected chi connectivity index (χ2v) is 23.4. The summed E-state index contributed by atoms with van der Waals surface area (Å²) in [4.78, 5) is 31.8. The minimum Gasteiger partial charge on any atom is -0.208 e. The van der Waals surface area contributed by atoms with Crippen molar-refractivity contribution < 1.29 is 0 Å². The van der Waals surface area contributed by atoms with Crippen LogP contribution >= 0.6 is 22.7 Å². The van der Waals surface area contributed by atoms with Crippen LogP contribution in [0, 0.1) is 0 Å². The summed E-state index contributed by atoms with van der Waals surface area (Å²) in [6, 6.07) is 91.1. The highest BCUT2D eigenvalue weighted by Crippen LogP contribution is 2.57. The second kappa shape index (κ2) is 18.7.